The van der Waals surface area contributed by atoms with Gasteiger partial charge >= 0.3 is 0 Å². The number of anilines is 1. The van der Waals surface area contributed by atoms with Gasteiger partial charge in [-0.2, -0.15) is 0 Å². The van der Waals surface area contributed by atoms with Crippen LogP contribution < -0.4 is 5.32 Å². The molecule has 0 radical (unpaired) electrons. The molecular formula is C12H10BrClN2OS. The Labute approximate surface area is 122 Å². The molecule has 2 aromatic rings. The van der Waals surface area contributed by atoms with Gasteiger partial charge in [0, 0.05) is 0 Å². The quantitative estimate of drug-likeness (QED) is 0.818. The van der Waals surface area contributed by atoms with Crippen LogP contribution in [0.3, 0.4) is 0 Å². The first-order valence-corrected chi connectivity index (χ1v) is 7.22. The Morgan fingerprint density at radius 2 is 2.17 bits per heavy atom. The Morgan fingerprint density at radius 1 is 1.44 bits per heavy atom. The van der Waals surface area contributed by atoms with E-state index in [1.165, 1.54) is 11.3 Å². The number of aryl methyl sites for hydroxylation is 2. The molecule has 0 aliphatic rings. The van der Waals surface area contributed by atoms with Crippen molar-refractivity contribution >= 4 is 50.5 Å². The van der Waals surface area contributed by atoms with Crippen LogP contribution in [0, 0.1) is 13.8 Å². The van der Waals surface area contributed by atoms with E-state index in [0.717, 1.165) is 15.9 Å². The fourth-order valence-electron chi connectivity index (χ4n) is 1.42. The van der Waals surface area contributed by atoms with Gasteiger partial charge in [-0.25, -0.2) is 4.98 Å². The topological polar surface area (TPSA) is 42.0 Å². The van der Waals surface area contributed by atoms with Gasteiger partial charge in [0.15, 0.2) is 0 Å². The van der Waals surface area contributed by atoms with Gasteiger partial charge in [-0.3, -0.25) is 4.79 Å². The summed E-state index contributed by atoms with van der Waals surface area (Å²) >= 11 is 10.7. The molecule has 0 fully saturated rings. The van der Waals surface area contributed by atoms with Crippen LogP contribution >= 0.6 is 38.9 Å². The fraction of sp³-hybridized carbons (Fsp3) is 0.167. The number of carbonyl (C=O) groups excluding carboxylic acids is 1. The molecule has 94 valence electrons. The number of hydrogen-bond acceptors (Lipinski definition) is 3. The number of hydrogen-bond donors (Lipinski definition) is 1. The summed E-state index contributed by atoms with van der Waals surface area (Å²) in [5.74, 6) is -0.203. The number of aromatic nitrogens is 1. The second-order valence-electron chi connectivity index (χ2n) is 3.78. The van der Waals surface area contributed by atoms with Crippen molar-refractivity contribution in [2.24, 2.45) is 0 Å². The van der Waals surface area contributed by atoms with Crippen LogP contribution in [0.5, 0.6) is 0 Å². The van der Waals surface area contributed by atoms with Crippen LogP contribution in [0.25, 0.3) is 0 Å². The summed E-state index contributed by atoms with van der Waals surface area (Å²) in [4.78, 5) is 16.8. The maximum absolute atomic E-state index is 12.1. The molecule has 0 saturated carbocycles. The lowest BCUT2D eigenvalue weighted by atomic mass is 10.3. The van der Waals surface area contributed by atoms with Crippen molar-refractivity contribution in [2.45, 2.75) is 13.8 Å². The SMILES string of the molecule is Cc1csc(C(=O)Nc2ccc(Br)nc2C)c1Cl. The zero-order valence-electron chi connectivity index (χ0n) is 9.75. The highest BCUT2D eigenvalue weighted by Gasteiger charge is 2.15. The van der Waals surface area contributed by atoms with E-state index < -0.39 is 0 Å². The smallest absolute Gasteiger partial charge is 0.267 e. The summed E-state index contributed by atoms with van der Waals surface area (Å²) in [7, 11) is 0. The highest BCUT2D eigenvalue weighted by Crippen LogP contribution is 2.28. The Morgan fingerprint density at radius 3 is 2.72 bits per heavy atom. The molecule has 0 unspecified atom stereocenters. The maximum Gasteiger partial charge on any atom is 0.267 e. The molecule has 0 saturated heterocycles. The minimum Gasteiger partial charge on any atom is -0.320 e. The standard InChI is InChI=1S/C12H10BrClN2OS/c1-6-5-18-11(10(6)14)12(17)16-8-3-4-9(13)15-7(8)2/h3-5H,1-2H3,(H,16,17). The van der Waals surface area contributed by atoms with E-state index in [1.807, 2.05) is 19.2 Å². The number of pyridine rings is 1. The maximum atomic E-state index is 12.1. The number of amides is 1. The second-order valence-corrected chi connectivity index (χ2v) is 5.85. The van der Waals surface area contributed by atoms with Gasteiger partial charge in [0.2, 0.25) is 0 Å². The largest absolute Gasteiger partial charge is 0.320 e. The number of carbonyl (C=O) groups is 1. The molecule has 2 heterocycles. The number of halogens is 2. The number of thiophene rings is 1. The van der Waals surface area contributed by atoms with Crippen molar-refractivity contribution in [3.05, 3.63) is 43.3 Å². The first-order chi connectivity index (χ1) is 8.49. The Bertz CT molecular complexity index is 612. The molecular weight excluding hydrogens is 336 g/mol. The van der Waals surface area contributed by atoms with Crippen molar-refractivity contribution in [3.63, 3.8) is 0 Å². The fourth-order valence-corrected chi connectivity index (χ4v) is 3.00. The summed E-state index contributed by atoms with van der Waals surface area (Å²) in [6.45, 7) is 3.71. The lowest BCUT2D eigenvalue weighted by Gasteiger charge is -2.07. The summed E-state index contributed by atoms with van der Waals surface area (Å²) in [5, 5.41) is 5.19. The second kappa shape index (κ2) is 5.38. The minimum absolute atomic E-state index is 0.203. The molecule has 1 N–H and O–H groups in total. The van der Waals surface area contributed by atoms with Gasteiger partial charge in [-0.05, 0) is 52.9 Å². The molecule has 1 amide bonds. The third-order valence-electron chi connectivity index (χ3n) is 2.41. The van der Waals surface area contributed by atoms with Crippen LogP contribution in [0.15, 0.2) is 22.1 Å². The third-order valence-corrected chi connectivity index (χ3v) is 4.54. The van der Waals surface area contributed by atoms with E-state index in [1.54, 1.807) is 12.1 Å². The van der Waals surface area contributed by atoms with Crippen molar-refractivity contribution in [2.75, 3.05) is 5.32 Å². The van der Waals surface area contributed by atoms with Crippen LogP contribution in [0.1, 0.15) is 20.9 Å². The van der Waals surface area contributed by atoms with Gasteiger partial charge in [-0.15, -0.1) is 11.3 Å². The van der Waals surface area contributed by atoms with Crippen molar-refractivity contribution < 1.29 is 4.79 Å². The van der Waals surface area contributed by atoms with Crippen LogP contribution in [0.4, 0.5) is 5.69 Å². The molecule has 18 heavy (non-hydrogen) atoms. The Kier molecular flexibility index (Phi) is 4.04. The van der Waals surface area contributed by atoms with Gasteiger partial charge < -0.3 is 5.32 Å². The number of rotatable bonds is 2. The molecule has 2 rings (SSSR count). The highest BCUT2D eigenvalue weighted by molar-refractivity contribution is 9.10. The zero-order chi connectivity index (χ0) is 13.3. The van der Waals surface area contributed by atoms with Gasteiger partial charge in [0.25, 0.3) is 5.91 Å². The molecule has 3 nitrogen and oxygen atoms in total. The molecule has 0 bridgehead atoms. The number of nitrogens with zero attached hydrogens (tertiary/aromatic N) is 1. The monoisotopic (exact) mass is 344 g/mol. The molecule has 6 heteroatoms. The summed E-state index contributed by atoms with van der Waals surface area (Å²) in [5.41, 5.74) is 2.35. The average molecular weight is 346 g/mol. The highest BCUT2D eigenvalue weighted by atomic mass is 79.9. The molecule has 0 aliphatic heterocycles. The number of nitrogens with one attached hydrogen (secondary N) is 1. The summed E-state index contributed by atoms with van der Waals surface area (Å²) in [6, 6.07) is 3.59. The minimum atomic E-state index is -0.203. The first-order valence-electron chi connectivity index (χ1n) is 5.17. The molecule has 2 aromatic heterocycles. The van der Waals surface area contributed by atoms with Gasteiger partial charge in [0.1, 0.15) is 9.48 Å². The predicted octanol–water partition coefficient (Wildman–Crippen LogP) is 4.43. The average Bonchev–Trinajstić information content (AvgIpc) is 2.64. The lowest BCUT2D eigenvalue weighted by molar-refractivity contribution is 0.103. The van der Waals surface area contributed by atoms with Crippen molar-refractivity contribution in [3.8, 4) is 0 Å². The summed E-state index contributed by atoms with van der Waals surface area (Å²) < 4.78 is 0.739. The predicted molar refractivity (Wildman–Crippen MR) is 78.7 cm³/mol. The summed E-state index contributed by atoms with van der Waals surface area (Å²) in [6.07, 6.45) is 0. The molecule has 0 aliphatic carbocycles. The van der Waals surface area contributed by atoms with E-state index in [-0.39, 0.29) is 5.91 Å². The lowest BCUT2D eigenvalue weighted by Crippen LogP contribution is -2.12. The molecule has 0 aromatic carbocycles. The van der Waals surface area contributed by atoms with Gasteiger partial charge in [-0.1, -0.05) is 11.6 Å². The normalized spacial score (nSPS) is 10.4. The van der Waals surface area contributed by atoms with E-state index >= 15 is 0 Å². The zero-order valence-corrected chi connectivity index (χ0v) is 12.9. The van der Waals surface area contributed by atoms with Crippen molar-refractivity contribution in [1.82, 2.24) is 4.98 Å². The van der Waals surface area contributed by atoms with E-state index in [4.69, 9.17) is 11.6 Å². The molecule has 0 atom stereocenters. The van der Waals surface area contributed by atoms with E-state index in [0.29, 0.717) is 15.6 Å². The Hall–Kier alpha value is -0.910. The first kappa shape index (κ1) is 13.5. The van der Waals surface area contributed by atoms with Crippen LogP contribution in [-0.2, 0) is 0 Å². The van der Waals surface area contributed by atoms with Crippen LogP contribution in [0.2, 0.25) is 5.02 Å². The third kappa shape index (κ3) is 2.74. The van der Waals surface area contributed by atoms with Crippen molar-refractivity contribution in [1.29, 1.82) is 0 Å². The van der Waals surface area contributed by atoms with Crippen LogP contribution in [-0.4, -0.2) is 10.9 Å². The van der Waals surface area contributed by atoms with Gasteiger partial charge in [0.05, 0.1) is 16.4 Å². The van der Waals surface area contributed by atoms with E-state index in [2.05, 4.69) is 26.2 Å². The Balaban J connectivity index is 2.24. The van der Waals surface area contributed by atoms with E-state index in [9.17, 15) is 4.79 Å². The molecule has 0 spiro atoms.